The van der Waals surface area contributed by atoms with Crippen LogP contribution in [0, 0.1) is 0 Å². The van der Waals surface area contributed by atoms with E-state index in [0.717, 1.165) is 30.2 Å². The van der Waals surface area contributed by atoms with Gasteiger partial charge in [-0.15, -0.1) is 11.6 Å². The molecule has 0 atom stereocenters. The van der Waals surface area contributed by atoms with Crippen molar-refractivity contribution >= 4 is 40.8 Å². The number of alkyl halides is 1. The molecule has 2 rings (SSSR count). The summed E-state index contributed by atoms with van der Waals surface area (Å²) in [4.78, 5) is 6.71. The molecule has 0 radical (unpaired) electrons. The zero-order valence-corrected chi connectivity index (χ0v) is 12.4. The molecule has 0 saturated carbocycles. The lowest BCUT2D eigenvalue weighted by atomic mass is 10.2. The van der Waals surface area contributed by atoms with E-state index in [2.05, 4.69) is 23.7 Å². The highest BCUT2D eigenvalue weighted by atomic mass is 35.5. The lowest BCUT2D eigenvalue weighted by molar-refractivity contribution is 0.642. The average Bonchev–Trinajstić information content (AvgIpc) is 2.28. The van der Waals surface area contributed by atoms with Crippen molar-refractivity contribution in [3.8, 4) is 0 Å². The number of rotatable bonds is 2. The van der Waals surface area contributed by atoms with Crippen LogP contribution in [0.15, 0.2) is 12.3 Å². The Labute approximate surface area is 117 Å². The van der Waals surface area contributed by atoms with Crippen molar-refractivity contribution in [2.24, 2.45) is 0 Å². The maximum atomic E-state index is 6.02. The Kier molecular flexibility index (Phi) is 4.11. The number of aromatic nitrogens is 1. The SMILES string of the molecule is CC1(C)CN(c2cc(CCl)c(Cl)cn2)CCS1. The third-order valence-electron chi connectivity index (χ3n) is 2.81. The topological polar surface area (TPSA) is 16.1 Å². The van der Waals surface area contributed by atoms with Gasteiger partial charge in [-0.25, -0.2) is 4.98 Å². The van der Waals surface area contributed by atoms with E-state index in [1.807, 2.05) is 17.8 Å². The highest BCUT2D eigenvalue weighted by Crippen LogP contribution is 2.32. The van der Waals surface area contributed by atoms with Gasteiger partial charge in [-0.2, -0.15) is 11.8 Å². The first kappa shape index (κ1) is 13.3. The van der Waals surface area contributed by atoms with Crippen molar-refractivity contribution in [1.82, 2.24) is 4.98 Å². The number of thioether (sulfide) groups is 1. The predicted molar refractivity (Wildman–Crippen MR) is 77.6 cm³/mol. The predicted octanol–water partition coefficient (Wildman–Crippen LogP) is 3.81. The Balaban J connectivity index is 2.22. The van der Waals surface area contributed by atoms with Gasteiger partial charge < -0.3 is 4.90 Å². The Morgan fingerprint density at radius 1 is 1.53 bits per heavy atom. The van der Waals surface area contributed by atoms with Crippen LogP contribution in [0.25, 0.3) is 0 Å². The number of halogens is 2. The first-order valence-electron chi connectivity index (χ1n) is 5.61. The molecule has 1 aliphatic heterocycles. The zero-order valence-electron chi connectivity index (χ0n) is 10.0. The van der Waals surface area contributed by atoms with E-state index in [1.54, 1.807) is 6.20 Å². The maximum absolute atomic E-state index is 6.02. The minimum Gasteiger partial charge on any atom is -0.354 e. The van der Waals surface area contributed by atoms with Crippen LogP contribution in [-0.2, 0) is 5.88 Å². The standard InChI is InChI=1S/C12H16Cl2N2S/c1-12(2)8-16(3-4-17-12)11-5-9(6-13)10(14)7-15-11/h5,7H,3-4,6,8H2,1-2H3. The molecular formula is C12H16Cl2N2S. The minimum atomic E-state index is 0.278. The lowest BCUT2D eigenvalue weighted by Gasteiger charge is -2.38. The van der Waals surface area contributed by atoms with Crippen LogP contribution in [0.1, 0.15) is 19.4 Å². The number of nitrogens with zero attached hydrogens (tertiary/aromatic N) is 2. The molecule has 0 aliphatic carbocycles. The first-order chi connectivity index (χ1) is 8.02. The summed E-state index contributed by atoms with van der Waals surface area (Å²) in [6, 6.07) is 2.00. The summed E-state index contributed by atoms with van der Waals surface area (Å²) in [5, 5.41) is 0.648. The van der Waals surface area contributed by atoms with Crippen LogP contribution in [0.3, 0.4) is 0 Å². The smallest absolute Gasteiger partial charge is 0.128 e. The molecule has 5 heteroatoms. The maximum Gasteiger partial charge on any atom is 0.128 e. The molecule has 2 nitrogen and oxygen atoms in total. The van der Waals surface area contributed by atoms with Crippen molar-refractivity contribution < 1.29 is 0 Å². The number of hydrogen-bond acceptors (Lipinski definition) is 3. The van der Waals surface area contributed by atoms with Gasteiger partial charge in [-0.05, 0) is 25.5 Å². The van der Waals surface area contributed by atoms with Crippen LogP contribution in [-0.4, -0.2) is 28.6 Å². The van der Waals surface area contributed by atoms with Crippen molar-refractivity contribution in [3.05, 3.63) is 22.8 Å². The van der Waals surface area contributed by atoms with Gasteiger partial charge in [0.15, 0.2) is 0 Å². The normalized spacial score (nSPS) is 19.4. The van der Waals surface area contributed by atoms with Gasteiger partial charge in [0.2, 0.25) is 0 Å². The summed E-state index contributed by atoms with van der Waals surface area (Å²) in [6.45, 7) is 6.57. The molecule has 0 aromatic carbocycles. The highest BCUT2D eigenvalue weighted by molar-refractivity contribution is 8.00. The van der Waals surface area contributed by atoms with E-state index in [4.69, 9.17) is 23.2 Å². The quantitative estimate of drug-likeness (QED) is 0.771. The van der Waals surface area contributed by atoms with Gasteiger partial charge in [0.05, 0.1) is 5.02 Å². The van der Waals surface area contributed by atoms with Gasteiger partial charge in [-0.1, -0.05) is 11.6 Å². The fourth-order valence-electron chi connectivity index (χ4n) is 1.96. The molecule has 0 bridgehead atoms. The number of hydrogen-bond donors (Lipinski definition) is 0. The molecule has 0 spiro atoms. The van der Waals surface area contributed by atoms with Gasteiger partial charge in [-0.3, -0.25) is 0 Å². The molecule has 1 aromatic heterocycles. The van der Waals surface area contributed by atoms with Crippen LogP contribution >= 0.6 is 35.0 Å². The molecular weight excluding hydrogens is 275 g/mol. The van der Waals surface area contributed by atoms with Crippen LogP contribution in [0.2, 0.25) is 5.02 Å². The lowest BCUT2D eigenvalue weighted by Crippen LogP contribution is -2.43. The van der Waals surface area contributed by atoms with Gasteiger partial charge >= 0.3 is 0 Å². The van der Waals surface area contributed by atoms with Crippen molar-refractivity contribution in [1.29, 1.82) is 0 Å². The second-order valence-electron chi connectivity index (χ2n) is 4.80. The largest absolute Gasteiger partial charge is 0.354 e. The molecule has 0 amide bonds. The van der Waals surface area contributed by atoms with E-state index in [1.165, 1.54) is 0 Å². The summed E-state index contributed by atoms with van der Waals surface area (Å²) >= 11 is 13.9. The van der Waals surface area contributed by atoms with Crippen molar-refractivity contribution in [2.75, 3.05) is 23.7 Å². The van der Waals surface area contributed by atoms with Gasteiger partial charge in [0, 0.05) is 35.7 Å². The van der Waals surface area contributed by atoms with E-state index in [9.17, 15) is 0 Å². The third-order valence-corrected chi connectivity index (χ3v) is 4.74. The van der Waals surface area contributed by atoms with Gasteiger partial charge in [0.25, 0.3) is 0 Å². The molecule has 1 aliphatic rings. The summed E-state index contributed by atoms with van der Waals surface area (Å²) in [6.07, 6.45) is 1.70. The minimum absolute atomic E-state index is 0.278. The number of pyridine rings is 1. The van der Waals surface area contributed by atoms with Crippen LogP contribution in [0.5, 0.6) is 0 Å². The summed E-state index contributed by atoms with van der Waals surface area (Å²) in [5.41, 5.74) is 0.953. The molecule has 0 unspecified atom stereocenters. The fraction of sp³-hybridized carbons (Fsp3) is 0.583. The third kappa shape index (κ3) is 3.21. The highest BCUT2D eigenvalue weighted by Gasteiger charge is 2.27. The van der Waals surface area contributed by atoms with E-state index >= 15 is 0 Å². The Morgan fingerprint density at radius 2 is 2.29 bits per heavy atom. The summed E-state index contributed by atoms with van der Waals surface area (Å²) in [5.74, 6) is 2.55. The fourth-order valence-corrected chi connectivity index (χ4v) is 3.53. The molecule has 1 saturated heterocycles. The van der Waals surface area contributed by atoms with E-state index in [0.29, 0.717) is 10.9 Å². The molecule has 17 heavy (non-hydrogen) atoms. The molecule has 2 heterocycles. The summed E-state index contributed by atoms with van der Waals surface area (Å²) < 4.78 is 0.278. The monoisotopic (exact) mass is 290 g/mol. The second kappa shape index (κ2) is 5.25. The Morgan fingerprint density at radius 3 is 2.94 bits per heavy atom. The molecule has 1 fully saturated rings. The second-order valence-corrected chi connectivity index (χ2v) is 7.27. The summed E-state index contributed by atoms with van der Waals surface area (Å²) in [7, 11) is 0. The molecule has 94 valence electrons. The van der Waals surface area contributed by atoms with Crippen LogP contribution < -0.4 is 4.90 Å². The van der Waals surface area contributed by atoms with E-state index in [-0.39, 0.29) is 4.75 Å². The van der Waals surface area contributed by atoms with Crippen molar-refractivity contribution in [2.45, 2.75) is 24.5 Å². The Hall–Kier alpha value is -0.120. The molecule has 0 N–H and O–H groups in total. The zero-order chi connectivity index (χ0) is 12.5. The first-order valence-corrected chi connectivity index (χ1v) is 7.51. The van der Waals surface area contributed by atoms with Crippen molar-refractivity contribution in [3.63, 3.8) is 0 Å². The average molecular weight is 291 g/mol. The van der Waals surface area contributed by atoms with Gasteiger partial charge in [0.1, 0.15) is 5.82 Å². The Bertz CT molecular complexity index is 409. The molecule has 1 aromatic rings. The number of anilines is 1. The van der Waals surface area contributed by atoms with Crippen LogP contribution in [0.4, 0.5) is 5.82 Å². The van der Waals surface area contributed by atoms with E-state index < -0.39 is 0 Å².